The summed E-state index contributed by atoms with van der Waals surface area (Å²) in [6, 6.07) is 0. The third kappa shape index (κ3) is 11.7. The highest BCUT2D eigenvalue weighted by molar-refractivity contribution is 5.70. The maximum absolute atomic E-state index is 13.4. The summed E-state index contributed by atoms with van der Waals surface area (Å²) in [5.41, 5.74) is -1.34. The van der Waals surface area contributed by atoms with E-state index >= 15 is 0 Å². The van der Waals surface area contributed by atoms with Crippen molar-refractivity contribution in [3.63, 3.8) is 0 Å². The largest absolute Gasteiger partial charge is 0.457 e. The van der Waals surface area contributed by atoms with Crippen molar-refractivity contribution in [2.45, 2.75) is 135 Å². The molecule has 0 spiro atoms. The van der Waals surface area contributed by atoms with E-state index in [4.69, 9.17) is 18.9 Å². The first-order chi connectivity index (χ1) is 22.6. The van der Waals surface area contributed by atoms with E-state index in [1.807, 2.05) is 52.8 Å². The summed E-state index contributed by atoms with van der Waals surface area (Å²) in [6.45, 7) is 17.2. The predicted octanol–water partition coefficient (Wildman–Crippen LogP) is 4.39. The Bertz CT molecular complexity index is 1140. The van der Waals surface area contributed by atoms with E-state index in [9.17, 15) is 24.9 Å². The van der Waals surface area contributed by atoms with Gasteiger partial charge in [-0.2, -0.15) is 0 Å². The molecule has 3 aliphatic rings. The van der Waals surface area contributed by atoms with Crippen LogP contribution in [-0.4, -0.2) is 125 Å². The van der Waals surface area contributed by atoms with Crippen molar-refractivity contribution in [2.24, 2.45) is 11.8 Å². The van der Waals surface area contributed by atoms with Gasteiger partial charge in [0.2, 0.25) is 0 Å². The average molecular weight is 679 g/mol. The van der Waals surface area contributed by atoms with E-state index in [-0.39, 0.29) is 36.9 Å². The normalized spacial score (nSPS) is 34.6. The second-order valence-corrected chi connectivity index (χ2v) is 14.5. The number of nitrogens with zero attached hydrogens (tertiary/aromatic N) is 2. The molecule has 10 atom stereocenters. The number of epoxide rings is 1. The third-order valence-corrected chi connectivity index (χ3v) is 10.3. The van der Waals surface area contributed by atoms with Crippen LogP contribution in [0.4, 0.5) is 4.79 Å². The van der Waals surface area contributed by atoms with Crippen LogP contribution in [0.3, 0.4) is 0 Å². The number of rotatable bonds is 11. The molecule has 3 N–H and O–H groups in total. The third-order valence-electron chi connectivity index (χ3n) is 10.3. The monoisotopic (exact) mass is 678 g/mol. The molecule has 0 radical (unpaired) electrons. The zero-order valence-corrected chi connectivity index (χ0v) is 30.5. The fraction of sp³-hybridized carbons (Fsp3) is 0.784. The molecular formula is C37H62N2O9. The fourth-order valence-electron chi connectivity index (χ4n) is 6.66. The van der Waals surface area contributed by atoms with E-state index in [1.54, 1.807) is 31.1 Å². The number of hydrogen-bond donors (Lipinski definition) is 3. The van der Waals surface area contributed by atoms with E-state index in [2.05, 4.69) is 11.8 Å². The molecule has 3 heterocycles. The van der Waals surface area contributed by atoms with Crippen LogP contribution in [0.25, 0.3) is 0 Å². The lowest BCUT2D eigenvalue weighted by Crippen LogP contribution is -2.47. The molecule has 11 nitrogen and oxygen atoms in total. The van der Waals surface area contributed by atoms with Crippen LogP contribution in [0, 0.1) is 11.8 Å². The highest BCUT2D eigenvalue weighted by Crippen LogP contribution is 2.37. The molecule has 2 fully saturated rings. The lowest BCUT2D eigenvalue weighted by atomic mass is 9.88. The van der Waals surface area contributed by atoms with Gasteiger partial charge in [-0.25, -0.2) is 4.79 Å². The highest BCUT2D eigenvalue weighted by Gasteiger charge is 2.47. The van der Waals surface area contributed by atoms with Gasteiger partial charge in [0, 0.05) is 45.0 Å². The van der Waals surface area contributed by atoms with Gasteiger partial charge in [0.25, 0.3) is 0 Å². The summed E-state index contributed by atoms with van der Waals surface area (Å²) in [5, 5.41) is 32.0. The topological polar surface area (TPSA) is 142 Å². The maximum atomic E-state index is 13.4. The SMILES string of the molecule is CCC(O)C(C)C1OC1CC(C)(O)/C=C/C=C(\C)C1OC(=O)CC(O)CCC(C)(OC)C(OC(=O)N2CCCN(CC)CC2)/C=C\C1C. The van der Waals surface area contributed by atoms with Gasteiger partial charge < -0.3 is 44.1 Å². The van der Waals surface area contributed by atoms with Crippen molar-refractivity contribution in [3.8, 4) is 0 Å². The number of ether oxygens (including phenoxy) is 4. The molecule has 11 heteroatoms. The van der Waals surface area contributed by atoms with Crippen LogP contribution in [-0.2, 0) is 23.7 Å². The van der Waals surface area contributed by atoms with Crippen molar-refractivity contribution >= 4 is 12.1 Å². The Labute approximate surface area is 287 Å². The van der Waals surface area contributed by atoms with Crippen LogP contribution in [0.15, 0.2) is 36.0 Å². The van der Waals surface area contributed by atoms with Crippen molar-refractivity contribution < 1.29 is 43.9 Å². The minimum Gasteiger partial charge on any atom is -0.457 e. The number of esters is 1. The minimum absolute atomic E-state index is 0.00305. The first kappa shape index (κ1) is 40.2. The van der Waals surface area contributed by atoms with Gasteiger partial charge in [-0.15, -0.1) is 0 Å². The lowest BCUT2D eigenvalue weighted by molar-refractivity contribution is -0.151. The molecular weight excluding hydrogens is 616 g/mol. The summed E-state index contributed by atoms with van der Waals surface area (Å²) in [7, 11) is 1.57. The van der Waals surface area contributed by atoms with E-state index in [1.165, 1.54) is 0 Å². The molecule has 2 saturated heterocycles. The van der Waals surface area contributed by atoms with Crippen LogP contribution in [0.5, 0.6) is 0 Å². The number of aliphatic hydroxyl groups is 3. The highest BCUT2D eigenvalue weighted by atomic mass is 16.6. The lowest BCUT2D eigenvalue weighted by Gasteiger charge is -2.36. The van der Waals surface area contributed by atoms with Gasteiger partial charge in [0.1, 0.15) is 11.7 Å². The quantitative estimate of drug-likeness (QED) is 0.125. The van der Waals surface area contributed by atoms with Crippen LogP contribution < -0.4 is 0 Å². The molecule has 0 bridgehead atoms. The Morgan fingerprint density at radius 3 is 2.62 bits per heavy atom. The van der Waals surface area contributed by atoms with Crippen molar-refractivity contribution in [2.75, 3.05) is 39.8 Å². The van der Waals surface area contributed by atoms with Crippen LogP contribution >= 0.6 is 0 Å². The molecule has 10 unspecified atom stereocenters. The zero-order chi connectivity index (χ0) is 35.6. The van der Waals surface area contributed by atoms with E-state index in [0.717, 1.165) is 31.6 Å². The van der Waals surface area contributed by atoms with Crippen molar-refractivity contribution in [1.82, 2.24) is 9.80 Å². The van der Waals surface area contributed by atoms with Crippen molar-refractivity contribution in [1.29, 1.82) is 0 Å². The molecule has 0 saturated carbocycles. The Balaban J connectivity index is 1.78. The van der Waals surface area contributed by atoms with E-state index in [0.29, 0.717) is 32.4 Å². The van der Waals surface area contributed by atoms with Gasteiger partial charge in [-0.1, -0.05) is 52.0 Å². The van der Waals surface area contributed by atoms with Gasteiger partial charge in [-0.05, 0) is 71.2 Å². The van der Waals surface area contributed by atoms with Crippen LogP contribution in [0.2, 0.25) is 0 Å². The molecule has 1 amide bonds. The standard InChI is InChI=1S/C37H62N2O9/c1-9-29(41)27(5)34-30(46-34)24-36(6,44)17-11-13-25(3)33-26(4)14-15-31(37(7,45-8)18-16-28(40)23-32(42)48-33)47-35(43)39-20-12-19-38(10-2)21-22-39/h11,13-15,17,26-31,33-34,40-41,44H,9-10,12,16,18-24H2,1-8H3/b15-14-,17-11+,25-13+. The molecule has 0 aromatic rings. The van der Waals surface area contributed by atoms with Gasteiger partial charge in [-0.3, -0.25) is 4.79 Å². The van der Waals surface area contributed by atoms with Crippen LogP contribution in [0.1, 0.15) is 87.0 Å². The minimum atomic E-state index is -1.14. The molecule has 48 heavy (non-hydrogen) atoms. The number of amides is 1. The Hall–Kier alpha value is -2.28. The molecule has 3 aliphatic heterocycles. The predicted molar refractivity (Wildman–Crippen MR) is 184 cm³/mol. The fourth-order valence-corrected chi connectivity index (χ4v) is 6.66. The number of hydrogen-bond acceptors (Lipinski definition) is 10. The van der Waals surface area contributed by atoms with Gasteiger partial charge >= 0.3 is 12.1 Å². The Kier molecular flexibility index (Phi) is 15.1. The molecule has 3 rings (SSSR count). The summed E-state index contributed by atoms with van der Waals surface area (Å²) >= 11 is 0. The Morgan fingerprint density at radius 1 is 1.23 bits per heavy atom. The number of methoxy groups -OCH3 is 1. The van der Waals surface area contributed by atoms with Crippen molar-refractivity contribution in [3.05, 3.63) is 36.0 Å². The average Bonchev–Trinajstić information content (AvgIpc) is 3.84. The van der Waals surface area contributed by atoms with Gasteiger partial charge in [0.15, 0.2) is 6.10 Å². The first-order valence-electron chi connectivity index (χ1n) is 17.8. The Morgan fingerprint density at radius 2 is 1.96 bits per heavy atom. The first-order valence-corrected chi connectivity index (χ1v) is 17.8. The van der Waals surface area contributed by atoms with Gasteiger partial charge in [0.05, 0.1) is 36.4 Å². The zero-order valence-electron chi connectivity index (χ0n) is 30.5. The number of carbonyl (C=O) groups excluding carboxylic acids is 2. The smallest absolute Gasteiger partial charge is 0.410 e. The number of allylic oxidation sites excluding steroid dienone is 2. The number of likely N-dealkylation sites (N-methyl/N-ethyl adjacent to an activating group) is 1. The second-order valence-electron chi connectivity index (χ2n) is 14.5. The molecule has 0 aromatic heterocycles. The molecule has 0 aromatic carbocycles. The summed E-state index contributed by atoms with van der Waals surface area (Å²) in [4.78, 5) is 30.4. The summed E-state index contributed by atoms with van der Waals surface area (Å²) in [6.07, 6.45) is 7.89. The second kappa shape index (κ2) is 18.1. The summed E-state index contributed by atoms with van der Waals surface area (Å²) in [5.74, 6) is -0.833. The maximum Gasteiger partial charge on any atom is 0.410 e. The number of cyclic esters (lactones) is 1. The number of carbonyl (C=O) groups is 2. The molecule has 274 valence electrons. The number of aliphatic hydroxyl groups excluding tert-OH is 2. The summed E-state index contributed by atoms with van der Waals surface area (Å²) < 4.78 is 23.7. The van der Waals surface area contributed by atoms with E-state index < -0.39 is 47.7 Å². The molecule has 0 aliphatic carbocycles.